The van der Waals surface area contributed by atoms with Crippen LogP contribution in [0.4, 0.5) is 0 Å². The van der Waals surface area contributed by atoms with Crippen molar-refractivity contribution < 1.29 is 23.5 Å². The number of unbranched alkanes of at least 4 members (excludes halogenated alkanes) is 1. The summed E-state index contributed by atoms with van der Waals surface area (Å²) in [5, 5.41) is 8.78. The van der Waals surface area contributed by atoms with Crippen molar-refractivity contribution in [3.05, 3.63) is 24.1 Å². The zero-order valence-electron chi connectivity index (χ0n) is 11.6. The van der Waals surface area contributed by atoms with Crippen LogP contribution in [-0.2, 0) is 4.74 Å². The summed E-state index contributed by atoms with van der Waals surface area (Å²) < 4.78 is 15.7. The lowest BCUT2D eigenvalue weighted by atomic mass is 10.3. The Morgan fingerprint density at radius 1 is 1.43 bits per heavy atom. The molecule has 2 aromatic rings. The van der Waals surface area contributed by atoms with E-state index in [0.717, 1.165) is 19.1 Å². The summed E-state index contributed by atoms with van der Waals surface area (Å²) in [7, 11) is 0. The Labute approximate surface area is 120 Å². The lowest BCUT2D eigenvalue weighted by Crippen LogP contribution is -2.17. The largest absolute Gasteiger partial charge is 0.476 e. The highest BCUT2D eigenvalue weighted by molar-refractivity contribution is 5.85. The van der Waals surface area contributed by atoms with Gasteiger partial charge in [-0.1, -0.05) is 13.3 Å². The Morgan fingerprint density at radius 2 is 2.24 bits per heavy atom. The maximum absolute atomic E-state index is 10.7. The zero-order chi connectivity index (χ0) is 15.2. The molecular formula is C13H17N3O5. The summed E-state index contributed by atoms with van der Waals surface area (Å²) in [5.74, 6) is -0.812. The molecule has 21 heavy (non-hydrogen) atoms. The van der Waals surface area contributed by atoms with Crippen LogP contribution in [0.5, 0.6) is 0 Å². The second-order valence-electron chi connectivity index (χ2n) is 4.45. The molecule has 2 rings (SSSR count). The fourth-order valence-corrected chi connectivity index (χ4v) is 1.57. The monoisotopic (exact) mass is 295 g/mol. The lowest BCUT2D eigenvalue weighted by Gasteiger charge is -2.07. The van der Waals surface area contributed by atoms with Gasteiger partial charge in [-0.05, 0) is 6.42 Å². The van der Waals surface area contributed by atoms with E-state index >= 15 is 0 Å². The highest BCUT2D eigenvalue weighted by atomic mass is 16.5. The molecule has 2 heterocycles. The maximum Gasteiger partial charge on any atom is 0.357 e. The van der Waals surface area contributed by atoms with E-state index in [1.165, 1.54) is 6.26 Å². The third-order valence-electron chi connectivity index (χ3n) is 2.72. The third-order valence-corrected chi connectivity index (χ3v) is 2.72. The molecule has 2 aromatic heterocycles. The average Bonchev–Trinajstić information content (AvgIpc) is 3.11. The van der Waals surface area contributed by atoms with Crippen LogP contribution in [0.15, 0.2) is 21.4 Å². The van der Waals surface area contributed by atoms with E-state index in [1.54, 1.807) is 0 Å². The molecule has 0 saturated carbocycles. The van der Waals surface area contributed by atoms with Crippen molar-refractivity contribution in [1.82, 2.24) is 9.97 Å². The Hall–Kier alpha value is -2.19. The maximum atomic E-state index is 10.7. The van der Waals surface area contributed by atoms with Crippen molar-refractivity contribution >= 4 is 5.97 Å². The van der Waals surface area contributed by atoms with Crippen LogP contribution in [0.2, 0.25) is 0 Å². The van der Waals surface area contributed by atoms with Crippen molar-refractivity contribution in [1.29, 1.82) is 0 Å². The van der Waals surface area contributed by atoms with Gasteiger partial charge in [-0.25, -0.2) is 14.8 Å². The van der Waals surface area contributed by atoms with Crippen molar-refractivity contribution in [2.75, 3.05) is 13.2 Å². The molecule has 0 bridgehead atoms. The number of oxazole rings is 2. The minimum absolute atomic E-state index is 0.0708. The lowest BCUT2D eigenvalue weighted by molar-refractivity contribution is 0.0690. The van der Waals surface area contributed by atoms with Crippen molar-refractivity contribution in [2.45, 2.75) is 25.8 Å². The molecular weight excluding hydrogens is 278 g/mol. The number of rotatable bonds is 8. The zero-order valence-corrected chi connectivity index (χ0v) is 11.6. The van der Waals surface area contributed by atoms with E-state index in [1.807, 2.05) is 0 Å². The standard InChI is InChI=1S/C13H17N3O5/c1-2-3-4-19-5-8(14)11-15-9(6-20-11)12-16-10(7-21-12)13(17)18/h6-8H,2-5,14H2,1H3,(H,17,18). The topological polar surface area (TPSA) is 125 Å². The summed E-state index contributed by atoms with van der Waals surface area (Å²) in [4.78, 5) is 18.6. The Bertz CT molecular complexity index is 592. The van der Waals surface area contributed by atoms with Crippen LogP contribution in [-0.4, -0.2) is 34.3 Å². The quantitative estimate of drug-likeness (QED) is 0.707. The number of ether oxygens (including phenoxy) is 1. The molecule has 0 aliphatic rings. The van der Waals surface area contributed by atoms with Gasteiger partial charge in [-0.2, -0.15) is 0 Å². The molecule has 8 nitrogen and oxygen atoms in total. The van der Waals surface area contributed by atoms with E-state index in [-0.39, 0.29) is 17.5 Å². The smallest absolute Gasteiger partial charge is 0.357 e. The SMILES string of the molecule is CCCCOCC(N)c1nc(-c2nc(C(=O)O)co2)co1. The summed E-state index contributed by atoms with van der Waals surface area (Å²) in [5.41, 5.74) is 6.00. The Morgan fingerprint density at radius 3 is 2.90 bits per heavy atom. The first kappa shape index (κ1) is 15.2. The number of aromatic nitrogens is 2. The fourth-order valence-electron chi connectivity index (χ4n) is 1.57. The van der Waals surface area contributed by atoms with E-state index in [9.17, 15) is 4.79 Å². The van der Waals surface area contributed by atoms with E-state index in [2.05, 4.69) is 16.9 Å². The van der Waals surface area contributed by atoms with Gasteiger partial charge in [0, 0.05) is 6.61 Å². The molecule has 0 spiro atoms. The van der Waals surface area contributed by atoms with Gasteiger partial charge in [0.15, 0.2) is 11.4 Å². The Balaban J connectivity index is 1.98. The van der Waals surface area contributed by atoms with Gasteiger partial charge in [0.05, 0.1) is 6.61 Å². The van der Waals surface area contributed by atoms with E-state index < -0.39 is 12.0 Å². The number of hydrogen-bond acceptors (Lipinski definition) is 7. The van der Waals surface area contributed by atoms with Crippen LogP contribution < -0.4 is 5.73 Å². The number of nitrogens with zero attached hydrogens (tertiary/aromatic N) is 2. The third kappa shape index (κ3) is 3.89. The molecule has 1 atom stereocenters. The van der Waals surface area contributed by atoms with Crippen molar-refractivity contribution in [2.24, 2.45) is 5.73 Å². The first-order valence-corrected chi connectivity index (χ1v) is 6.59. The number of nitrogens with two attached hydrogens (primary N) is 1. The summed E-state index contributed by atoms with van der Waals surface area (Å²) in [6.07, 6.45) is 4.38. The molecule has 0 aromatic carbocycles. The molecule has 0 fully saturated rings. The van der Waals surface area contributed by atoms with Crippen LogP contribution >= 0.6 is 0 Å². The summed E-state index contributed by atoms with van der Waals surface area (Å²) in [6, 6.07) is -0.496. The second kappa shape index (κ2) is 7.00. The van der Waals surface area contributed by atoms with Crippen molar-refractivity contribution in [3.8, 4) is 11.6 Å². The van der Waals surface area contributed by atoms with Gasteiger partial charge in [-0.15, -0.1) is 0 Å². The van der Waals surface area contributed by atoms with Gasteiger partial charge in [0.2, 0.25) is 11.8 Å². The highest BCUT2D eigenvalue weighted by Gasteiger charge is 2.18. The number of hydrogen-bond donors (Lipinski definition) is 2. The molecule has 8 heteroatoms. The molecule has 0 amide bonds. The highest BCUT2D eigenvalue weighted by Crippen LogP contribution is 2.20. The predicted octanol–water partition coefficient (Wildman–Crippen LogP) is 1.84. The first-order valence-electron chi connectivity index (χ1n) is 6.59. The van der Waals surface area contributed by atoms with Gasteiger partial charge < -0.3 is 24.4 Å². The van der Waals surface area contributed by atoms with E-state index in [4.69, 9.17) is 24.4 Å². The number of carbonyl (C=O) groups is 1. The minimum atomic E-state index is -1.17. The molecule has 0 aliphatic carbocycles. The number of aromatic carboxylic acids is 1. The normalized spacial score (nSPS) is 12.5. The van der Waals surface area contributed by atoms with Gasteiger partial charge in [0.1, 0.15) is 18.6 Å². The van der Waals surface area contributed by atoms with Gasteiger partial charge >= 0.3 is 5.97 Å². The second-order valence-corrected chi connectivity index (χ2v) is 4.45. The number of carboxylic acid groups (broad SMARTS) is 1. The van der Waals surface area contributed by atoms with Crippen LogP contribution in [0.25, 0.3) is 11.6 Å². The first-order chi connectivity index (χ1) is 10.1. The van der Waals surface area contributed by atoms with Crippen LogP contribution in [0.1, 0.15) is 42.2 Å². The predicted molar refractivity (Wildman–Crippen MR) is 71.6 cm³/mol. The number of carboxylic acids is 1. The molecule has 114 valence electrons. The molecule has 0 aliphatic heterocycles. The molecule has 0 radical (unpaired) electrons. The summed E-state index contributed by atoms with van der Waals surface area (Å²) >= 11 is 0. The van der Waals surface area contributed by atoms with E-state index in [0.29, 0.717) is 18.9 Å². The Kier molecular flexibility index (Phi) is 5.07. The molecule has 1 unspecified atom stereocenters. The van der Waals surface area contributed by atoms with Crippen LogP contribution in [0, 0.1) is 0 Å². The van der Waals surface area contributed by atoms with Crippen molar-refractivity contribution in [3.63, 3.8) is 0 Å². The minimum Gasteiger partial charge on any atom is -0.476 e. The average molecular weight is 295 g/mol. The van der Waals surface area contributed by atoms with Gasteiger partial charge in [-0.3, -0.25) is 0 Å². The molecule has 3 N–H and O–H groups in total. The summed E-state index contributed by atoms with van der Waals surface area (Å²) in [6.45, 7) is 3.01. The molecule has 0 saturated heterocycles. The van der Waals surface area contributed by atoms with Crippen LogP contribution in [0.3, 0.4) is 0 Å². The van der Waals surface area contributed by atoms with Gasteiger partial charge in [0.25, 0.3) is 0 Å². The fraction of sp³-hybridized carbons (Fsp3) is 0.462.